The Hall–Kier alpha value is -1.10. The smallest absolute Gasteiger partial charge is 0.228 e. The molecule has 1 N–H and O–H groups in total. The number of hydrogen-bond acceptors (Lipinski definition) is 3. The third kappa shape index (κ3) is 3.26. The number of carbonyl (C=O) groups is 2. The molecule has 5 nitrogen and oxygen atoms in total. The predicted molar refractivity (Wildman–Crippen MR) is 73.6 cm³/mol. The second kappa shape index (κ2) is 6.37. The second-order valence-electron chi connectivity index (χ2n) is 5.69. The summed E-state index contributed by atoms with van der Waals surface area (Å²) in [6.45, 7) is 5.48. The second-order valence-corrected chi connectivity index (χ2v) is 5.69. The Labute approximate surface area is 115 Å². The van der Waals surface area contributed by atoms with Crippen molar-refractivity contribution in [3.8, 4) is 0 Å². The van der Waals surface area contributed by atoms with Crippen molar-refractivity contribution in [2.45, 2.75) is 38.6 Å². The van der Waals surface area contributed by atoms with Crippen molar-refractivity contribution >= 4 is 11.8 Å². The lowest BCUT2D eigenvalue weighted by Crippen LogP contribution is -2.48. The van der Waals surface area contributed by atoms with Crippen molar-refractivity contribution < 1.29 is 9.59 Å². The van der Waals surface area contributed by atoms with E-state index in [-0.39, 0.29) is 17.7 Å². The monoisotopic (exact) mass is 267 g/mol. The van der Waals surface area contributed by atoms with Gasteiger partial charge in [-0.1, -0.05) is 6.92 Å². The Morgan fingerprint density at radius 2 is 2.11 bits per heavy atom. The van der Waals surface area contributed by atoms with Crippen molar-refractivity contribution in [2.24, 2.45) is 5.92 Å². The summed E-state index contributed by atoms with van der Waals surface area (Å²) in [7, 11) is 1.78. The molecule has 1 unspecified atom stereocenters. The Kier molecular flexibility index (Phi) is 4.80. The minimum Gasteiger partial charge on any atom is -0.345 e. The van der Waals surface area contributed by atoms with E-state index in [9.17, 15) is 9.59 Å². The Morgan fingerprint density at radius 1 is 1.42 bits per heavy atom. The van der Waals surface area contributed by atoms with Gasteiger partial charge in [0.25, 0.3) is 0 Å². The first-order valence-electron chi connectivity index (χ1n) is 7.38. The van der Waals surface area contributed by atoms with Crippen molar-refractivity contribution in [1.82, 2.24) is 15.1 Å². The zero-order valence-corrected chi connectivity index (χ0v) is 12.0. The van der Waals surface area contributed by atoms with E-state index in [4.69, 9.17) is 0 Å². The standard InChI is InChI=1S/C14H25N3O2/c1-3-8-17(12-4-6-15-7-5-12)14(19)11-9-13(18)16(2)10-11/h11-12,15H,3-10H2,1-2H3. The first kappa shape index (κ1) is 14.3. The van der Waals surface area contributed by atoms with Gasteiger partial charge in [0.15, 0.2) is 0 Å². The Balaban J connectivity index is 2.01. The molecule has 0 aliphatic carbocycles. The molecule has 0 radical (unpaired) electrons. The number of likely N-dealkylation sites (tertiary alicyclic amines) is 1. The first-order valence-corrected chi connectivity index (χ1v) is 7.38. The van der Waals surface area contributed by atoms with Gasteiger partial charge in [-0.2, -0.15) is 0 Å². The van der Waals surface area contributed by atoms with Gasteiger partial charge in [0.1, 0.15) is 0 Å². The van der Waals surface area contributed by atoms with E-state index in [1.807, 2.05) is 4.90 Å². The molecule has 2 amide bonds. The van der Waals surface area contributed by atoms with Crippen LogP contribution in [-0.2, 0) is 9.59 Å². The van der Waals surface area contributed by atoms with Gasteiger partial charge in [-0.25, -0.2) is 0 Å². The maximum Gasteiger partial charge on any atom is 0.228 e. The lowest BCUT2D eigenvalue weighted by molar-refractivity contribution is -0.138. The summed E-state index contributed by atoms with van der Waals surface area (Å²) >= 11 is 0. The lowest BCUT2D eigenvalue weighted by Gasteiger charge is -2.36. The SMILES string of the molecule is CCCN(C(=O)C1CC(=O)N(C)C1)C1CCNCC1. The molecule has 19 heavy (non-hydrogen) atoms. The number of piperidine rings is 1. The lowest BCUT2D eigenvalue weighted by atomic mass is 10.0. The summed E-state index contributed by atoms with van der Waals surface area (Å²) in [6, 6.07) is 0.356. The number of nitrogens with zero attached hydrogens (tertiary/aromatic N) is 2. The van der Waals surface area contributed by atoms with E-state index < -0.39 is 0 Å². The van der Waals surface area contributed by atoms with Gasteiger partial charge in [-0.05, 0) is 32.4 Å². The van der Waals surface area contributed by atoms with E-state index in [2.05, 4.69) is 12.2 Å². The topological polar surface area (TPSA) is 52.7 Å². The molecule has 0 aromatic rings. The molecule has 0 aromatic carbocycles. The van der Waals surface area contributed by atoms with Crippen LogP contribution in [0.4, 0.5) is 0 Å². The van der Waals surface area contributed by atoms with E-state index in [0.717, 1.165) is 38.9 Å². The number of hydrogen-bond donors (Lipinski definition) is 1. The third-order valence-corrected chi connectivity index (χ3v) is 4.19. The molecule has 2 fully saturated rings. The van der Waals surface area contributed by atoms with Gasteiger partial charge < -0.3 is 15.1 Å². The third-order valence-electron chi connectivity index (χ3n) is 4.19. The number of amides is 2. The van der Waals surface area contributed by atoms with Crippen LogP contribution in [0, 0.1) is 5.92 Å². The van der Waals surface area contributed by atoms with E-state index in [0.29, 0.717) is 19.0 Å². The minimum absolute atomic E-state index is 0.0973. The highest BCUT2D eigenvalue weighted by Crippen LogP contribution is 2.22. The zero-order chi connectivity index (χ0) is 13.8. The fourth-order valence-electron chi connectivity index (χ4n) is 3.10. The molecule has 1 atom stereocenters. The van der Waals surface area contributed by atoms with Crippen molar-refractivity contribution in [1.29, 1.82) is 0 Å². The molecule has 108 valence electrons. The summed E-state index contributed by atoms with van der Waals surface area (Å²) in [5.74, 6) is 0.158. The van der Waals surface area contributed by atoms with Crippen LogP contribution in [-0.4, -0.2) is 60.9 Å². The molecular weight excluding hydrogens is 242 g/mol. The molecule has 0 saturated carbocycles. The van der Waals surface area contributed by atoms with Gasteiger partial charge in [-0.3, -0.25) is 9.59 Å². The molecule has 2 saturated heterocycles. The van der Waals surface area contributed by atoms with Crippen LogP contribution in [0.2, 0.25) is 0 Å². The number of nitrogens with one attached hydrogen (secondary N) is 1. The van der Waals surface area contributed by atoms with Crippen molar-refractivity contribution in [2.75, 3.05) is 33.2 Å². The highest BCUT2D eigenvalue weighted by Gasteiger charge is 2.36. The van der Waals surface area contributed by atoms with Crippen LogP contribution in [0.3, 0.4) is 0 Å². The maximum atomic E-state index is 12.7. The van der Waals surface area contributed by atoms with Crippen LogP contribution < -0.4 is 5.32 Å². The summed E-state index contributed by atoms with van der Waals surface area (Å²) in [6.07, 6.45) is 3.43. The molecule has 2 rings (SSSR count). The zero-order valence-electron chi connectivity index (χ0n) is 12.0. The number of rotatable bonds is 4. The Morgan fingerprint density at radius 3 is 2.63 bits per heavy atom. The van der Waals surface area contributed by atoms with Gasteiger partial charge in [0, 0.05) is 32.6 Å². The molecule has 2 aliphatic heterocycles. The van der Waals surface area contributed by atoms with Crippen LogP contribution in [0.25, 0.3) is 0 Å². The van der Waals surface area contributed by atoms with Gasteiger partial charge in [-0.15, -0.1) is 0 Å². The summed E-state index contributed by atoms with van der Waals surface area (Å²) in [4.78, 5) is 28.0. The average Bonchev–Trinajstić information content (AvgIpc) is 2.76. The molecule has 0 spiro atoms. The largest absolute Gasteiger partial charge is 0.345 e. The van der Waals surface area contributed by atoms with Crippen LogP contribution in [0.15, 0.2) is 0 Å². The van der Waals surface area contributed by atoms with Crippen LogP contribution in [0.1, 0.15) is 32.6 Å². The van der Waals surface area contributed by atoms with E-state index in [1.54, 1.807) is 11.9 Å². The quantitative estimate of drug-likeness (QED) is 0.805. The predicted octanol–water partition coefficient (Wildman–Crippen LogP) is 0.455. The minimum atomic E-state index is -0.126. The average molecular weight is 267 g/mol. The fraction of sp³-hybridized carbons (Fsp3) is 0.857. The molecular formula is C14H25N3O2. The number of carbonyl (C=O) groups excluding carboxylic acids is 2. The van der Waals surface area contributed by atoms with Crippen molar-refractivity contribution in [3.05, 3.63) is 0 Å². The van der Waals surface area contributed by atoms with E-state index in [1.165, 1.54) is 0 Å². The summed E-state index contributed by atoms with van der Waals surface area (Å²) in [5, 5.41) is 3.33. The summed E-state index contributed by atoms with van der Waals surface area (Å²) < 4.78 is 0. The normalized spacial score (nSPS) is 24.8. The van der Waals surface area contributed by atoms with E-state index >= 15 is 0 Å². The molecule has 0 bridgehead atoms. The summed E-state index contributed by atoms with van der Waals surface area (Å²) in [5.41, 5.74) is 0. The van der Waals surface area contributed by atoms with Crippen LogP contribution in [0.5, 0.6) is 0 Å². The maximum absolute atomic E-state index is 12.7. The first-order chi connectivity index (χ1) is 9.13. The van der Waals surface area contributed by atoms with Gasteiger partial charge in [0.2, 0.25) is 11.8 Å². The van der Waals surface area contributed by atoms with Crippen molar-refractivity contribution in [3.63, 3.8) is 0 Å². The van der Waals surface area contributed by atoms with Gasteiger partial charge in [0.05, 0.1) is 5.92 Å². The molecule has 2 heterocycles. The Bertz CT molecular complexity index is 340. The molecule has 0 aromatic heterocycles. The fourth-order valence-corrected chi connectivity index (χ4v) is 3.10. The molecule has 5 heteroatoms. The van der Waals surface area contributed by atoms with Crippen LogP contribution >= 0.6 is 0 Å². The molecule has 2 aliphatic rings. The highest BCUT2D eigenvalue weighted by molar-refractivity contribution is 5.89. The highest BCUT2D eigenvalue weighted by atomic mass is 16.2. The van der Waals surface area contributed by atoms with Gasteiger partial charge >= 0.3 is 0 Å².